The Labute approximate surface area is 164 Å². The molecular weight excluding hydrogens is 386 g/mol. The van der Waals surface area contributed by atoms with Crippen molar-refractivity contribution in [3.05, 3.63) is 70.1 Å². The van der Waals surface area contributed by atoms with Crippen LogP contribution in [0.3, 0.4) is 0 Å². The first-order chi connectivity index (χ1) is 12.9. The molecule has 0 atom stereocenters. The molecule has 3 rings (SSSR count). The number of carboxylic acids is 1. The van der Waals surface area contributed by atoms with Crippen molar-refractivity contribution in [1.29, 1.82) is 0 Å². The second kappa shape index (κ2) is 7.73. The highest BCUT2D eigenvalue weighted by atomic mass is 32.2. The number of carbonyl (C=O) groups excluding carboxylic acids is 2. The van der Waals surface area contributed by atoms with E-state index in [0.717, 1.165) is 17.3 Å². The van der Waals surface area contributed by atoms with Gasteiger partial charge in [-0.15, -0.1) is 0 Å². The summed E-state index contributed by atoms with van der Waals surface area (Å²) in [6.45, 7) is 0. The third kappa shape index (κ3) is 3.91. The van der Waals surface area contributed by atoms with Crippen LogP contribution in [-0.2, 0) is 9.53 Å². The first kappa shape index (κ1) is 18.8. The van der Waals surface area contributed by atoms with Crippen molar-refractivity contribution in [2.45, 2.75) is 0 Å². The molecule has 0 aromatic heterocycles. The highest BCUT2D eigenvalue weighted by Gasteiger charge is 2.33. The number of hydrogen-bond donors (Lipinski definition) is 1. The molecule has 1 saturated heterocycles. The van der Waals surface area contributed by atoms with E-state index >= 15 is 0 Å². The largest absolute Gasteiger partial charge is 0.478 e. The highest BCUT2D eigenvalue weighted by Crippen LogP contribution is 2.36. The molecule has 1 N–H and O–H groups in total. The average molecular weight is 399 g/mol. The van der Waals surface area contributed by atoms with Gasteiger partial charge in [0.15, 0.2) is 4.32 Å². The van der Waals surface area contributed by atoms with Crippen molar-refractivity contribution < 1.29 is 24.2 Å². The molecule has 1 aliphatic rings. The molecule has 8 heteroatoms. The summed E-state index contributed by atoms with van der Waals surface area (Å²) in [7, 11) is 1.31. The van der Waals surface area contributed by atoms with Crippen molar-refractivity contribution in [2.24, 2.45) is 0 Å². The molecule has 2 aromatic rings. The summed E-state index contributed by atoms with van der Waals surface area (Å²) in [5.41, 5.74) is 1.79. The molecule has 1 amide bonds. The Morgan fingerprint density at radius 1 is 1.07 bits per heavy atom. The maximum atomic E-state index is 12.7. The quantitative estimate of drug-likeness (QED) is 0.478. The molecule has 27 heavy (non-hydrogen) atoms. The number of anilines is 1. The molecule has 0 bridgehead atoms. The van der Waals surface area contributed by atoms with Gasteiger partial charge in [0.2, 0.25) is 0 Å². The van der Waals surface area contributed by atoms with E-state index in [-0.39, 0.29) is 11.5 Å². The number of rotatable bonds is 4. The monoisotopic (exact) mass is 399 g/mol. The first-order valence-electron chi connectivity index (χ1n) is 7.70. The van der Waals surface area contributed by atoms with E-state index < -0.39 is 11.9 Å². The fourth-order valence-corrected chi connectivity index (χ4v) is 3.73. The number of nitrogens with zero attached hydrogens (tertiary/aromatic N) is 1. The van der Waals surface area contributed by atoms with Crippen molar-refractivity contribution in [1.82, 2.24) is 0 Å². The van der Waals surface area contributed by atoms with Crippen LogP contribution in [0.2, 0.25) is 0 Å². The number of carboxylic acid groups (broad SMARTS) is 1. The summed E-state index contributed by atoms with van der Waals surface area (Å²) in [5.74, 6) is -1.76. The van der Waals surface area contributed by atoms with E-state index in [9.17, 15) is 14.4 Å². The van der Waals surface area contributed by atoms with Gasteiger partial charge in [0, 0.05) is 0 Å². The summed E-state index contributed by atoms with van der Waals surface area (Å²) in [6.07, 6.45) is 1.69. The SMILES string of the molecule is COC(=O)c1ccc(C=C2SC(=S)N(c3ccc(C(=O)O)cc3)C2=O)cc1. The smallest absolute Gasteiger partial charge is 0.337 e. The minimum Gasteiger partial charge on any atom is -0.478 e. The molecule has 1 heterocycles. The standard InChI is InChI=1S/C19H13NO5S2/c1-25-18(24)13-4-2-11(3-5-13)10-15-16(21)20(19(26)27-15)14-8-6-12(7-9-14)17(22)23/h2-10H,1H3,(H,22,23). The lowest BCUT2D eigenvalue weighted by atomic mass is 10.1. The number of thiocarbonyl (C=S) groups is 1. The lowest BCUT2D eigenvalue weighted by Crippen LogP contribution is -2.27. The van der Waals surface area contributed by atoms with Gasteiger partial charge in [-0.3, -0.25) is 9.69 Å². The Balaban J connectivity index is 1.84. The Morgan fingerprint density at radius 2 is 1.67 bits per heavy atom. The van der Waals surface area contributed by atoms with Crippen LogP contribution >= 0.6 is 24.0 Å². The predicted molar refractivity (Wildman–Crippen MR) is 107 cm³/mol. The van der Waals surface area contributed by atoms with E-state index in [1.807, 2.05) is 0 Å². The van der Waals surface area contributed by atoms with Crippen LogP contribution in [-0.4, -0.2) is 34.4 Å². The molecule has 1 aliphatic heterocycles. The van der Waals surface area contributed by atoms with Crippen LogP contribution in [0.4, 0.5) is 5.69 Å². The van der Waals surface area contributed by atoms with E-state index in [4.69, 9.17) is 17.3 Å². The molecule has 0 unspecified atom stereocenters. The lowest BCUT2D eigenvalue weighted by molar-refractivity contribution is -0.113. The molecule has 6 nitrogen and oxygen atoms in total. The minimum atomic E-state index is -1.04. The van der Waals surface area contributed by atoms with Crippen LogP contribution in [0.15, 0.2) is 53.4 Å². The third-order valence-corrected chi connectivity index (χ3v) is 5.10. The van der Waals surface area contributed by atoms with Gasteiger partial charge < -0.3 is 9.84 Å². The number of hydrogen-bond acceptors (Lipinski definition) is 6. The average Bonchev–Trinajstić information content (AvgIpc) is 2.95. The van der Waals surface area contributed by atoms with E-state index in [0.29, 0.717) is 20.5 Å². The van der Waals surface area contributed by atoms with Gasteiger partial charge in [0.1, 0.15) is 0 Å². The van der Waals surface area contributed by atoms with Crippen LogP contribution in [0, 0.1) is 0 Å². The van der Waals surface area contributed by atoms with Crippen LogP contribution in [0.5, 0.6) is 0 Å². The predicted octanol–water partition coefficient (Wildman–Crippen LogP) is 3.58. The van der Waals surface area contributed by atoms with Gasteiger partial charge in [0.25, 0.3) is 5.91 Å². The maximum absolute atomic E-state index is 12.7. The number of benzene rings is 2. The fourth-order valence-electron chi connectivity index (χ4n) is 2.43. The van der Waals surface area contributed by atoms with E-state index in [2.05, 4.69) is 4.74 Å². The number of methoxy groups -OCH3 is 1. The number of amides is 1. The van der Waals surface area contributed by atoms with Crippen LogP contribution in [0.25, 0.3) is 6.08 Å². The zero-order chi connectivity index (χ0) is 19.6. The summed E-state index contributed by atoms with van der Waals surface area (Å²) in [5, 5.41) is 8.97. The van der Waals surface area contributed by atoms with Crippen molar-refractivity contribution in [3.8, 4) is 0 Å². The van der Waals surface area contributed by atoms with Crippen molar-refractivity contribution in [3.63, 3.8) is 0 Å². The summed E-state index contributed by atoms with van der Waals surface area (Å²) >= 11 is 6.46. The molecule has 136 valence electrons. The van der Waals surface area contributed by atoms with Gasteiger partial charge in [-0.05, 0) is 48.0 Å². The maximum Gasteiger partial charge on any atom is 0.337 e. The van der Waals surface area contributed by atoms with E-state index in [1.54, 1.807) is 42.5 Å². The minimum absolute atomic E-state index is 0.130. The molecule has 2 aromatic carbocycles. The molecule has 0 aliphatic carbocycles. The highest BCUT2D eigenvalue weighted by molar-refractivity contribution is 8.27. The zero-order valence-corrected chi connectivity index (χ0v) is 15.7. The summed E-state index contributed by atoms with van der Waals surface area (Å²) < 4.78 is 5.02. The second-order valence-corrected chi connectivity index (χ2v) is 7.16. The van der Waals surface area contributed by atoms with Gasteiger partial charge in [-0.25, -0.2) is 9.59 Å². The van der Waals surface area contributed by atoms with Gasteiger partial charge in [-0.1, -0.05) is 36.1 Å². The Kier molecular flexibility index (Phi) is 5.38. The molecule has 0 saturated carbocycles. The molecule has 1 fully saturated rings. The van der Waals surface area contributed by atoms with Gasteiger partial charge >= 0.3 is 11.9 Å². The lowest BCUT2D eigenvalue weighted by Gasteiger charge is -2.14. The number of carbonyl (C=O) groups is 3. The van der Waals surface area contributed by atoms with Crippen LogP contribution in [0.1, 0.15) is 26.3 Å². The van der Waals surface area contributed by atoms with Crippen molar-refractivity contribution in [2.75, 3.05) is 12.0 Å². The number of thioether (sulfide) groups is 1. The molecule has 0 radical (unpaired) electrons. The van der Waals surface area contributed by atoms with Gasteiger partial charge in [0.05, 0.1) is 28.8 Å². The van der Waals surface area contributed by atoms with Crippen LogP contribution < -0.4 is 4.90 Å². The Morgan fingerprint density at radius 3 is 2.22 bits per heavy atom. The Hall–Kier alpha value is -2.97. The number of esters is 1. The molecule has 0 spiro atoms. The normalized spacial score (nSPS) is 15.3. The second-order valence-electron chi connectivity index (χ2n) is 5.48. The summed E-state index contributed by atoms with van der Waals surface area (Å²) in [4.78, 5) is 36.9. The third-order valence-electron chi connectivity index (χ3n) is 3.80. The topological polar surface area (TPSA) is 83.9 Å². The summed E-state index contributed by atoms with van der Waals surface area (Å²) in [6, 6.07) is 12.6. The van der Waals surface area contributed by atoms with Crippen molar-refractivity contribution >= 4 is 57.9 Å². The number of aromatic carboxylic acids is 1. The zero-order valence-electron chi connectivity index (χ0n) is 14.0. The fraction of sp³-hybridized carbons (Fsp3) is 0.0526. The molecular formula is C19H13NO5S2. The first-order valence-corrected chi connectivity index (χ1v) is 8.93. The number of ether oxygens (including phenoxy) is 1. The van der Waals surface area contributed by atoms with Gasteiger partial charge in [-0.2, -0.15) is 0 Å². The van der Waals surface area contributed by atoms with E-state index in [1.165, 1.54) is 24.1 Å². The Bertz CT molecular complexity index is 965.